The molecular formula is C27H34N6O3. The fraction of sp³-hybridized carbons (Fsp3) is 0.444. The van der Waals surface area contributed by atoms with E-state index in [2.05, 4.69) is 16.3 Å². The van der Waals surface area contributed by atoms with Crippen LogP contribution in [-0.2, 0) is 6.54 Å². The van der Waals surface area contributed by atoms with E-state index in [1.54, 1.807) is 17.0 Å². The molecule has 2 N–H and O–H groups in total. The van der Waals surface area contributed by atoms with Gasteiger partial charge in [0.2, 0.25) is 0 Å². The lowest BCUT2D eigenvalue weighted by Crippen LogP contribution is -2.53. The fourth-order valence-electron chi connectivity index (χ4n) is 4.96. The molecule has 1 atom stereocenters. The van der Waals surface area contributed by atoms with Crippen LogP contribution in [0.25, 0.3) is 0 Å². The van der Waals surface area contributed by atoms with Gasteiger partial charge in [-0.25, -0.2) is 9.59 Å². The Morgan fingerprint density at radius 2 is 1.72 bits per heavy atom. The van der Waals surface area contributed by atoms with Crippen molar-refractivity contribution in [1.82, 2.24) is 14.7 Å². The highest BCUT2D eigenvalue weighted by molar-refractivity contribution is 5.91. The Labute approximate surface area is 212 Å². The number of nitrogens with one attached hydrogen (secondary N) is 1. The summed E-state index contributed by atoms with van der Waals surface area (Å²) in [5, 5.41) is 21.7. The van der Waals surface area contributed by atoms with E-state index in [1.807, 2.05) is 55.3 Å². The highest BCUT2D eigenvalue weighted by atomic mass is 16.4. The number of anilines is 2. The van der Waals surface area contributed by atoms with Gasteiger partial charge >= 0.3 is 12.1 Å². The van der Waals surface area contributed by atoms with E-state index >= 15 is 0 Å². The first-order valence-electron chi connectivity index (χ1n) is 12.4. The van der Waals surface area contributed by atoms with Crippen LogP contribution in [0.4, 0.5) is 21.0 Å². The Kier molecular flexibility index (Phi) is 7.96. The molecule has 9 nitrogen and oxygen atoms in total. The second-order valence-electron chi connectivity index (χ2n) is 9.66. The van der Waals surface area contributed by atoms with Gasteiger partial charge in [0.15, 0.2) is 0 Å². The second-order valence-corrected chi connectivity index (χ2v) is 9.66. The Morgan fingerprint density at radius 1 is 1.06 bits per heavy atom. The summed E-state index contributed by atoms with van der Waals surface area (Å²) in [5.74, 6) is 0. The van der Waals surface area contributed by atoms with Crippen LogP contribution in [0.2, 0.25) is 0 Å². The van der Waals surface area contributed by atoms with Crippen molar-refractivity contribution < 1.29 is 14.7 Å². The fourth-order valence-corrected chi connectivity index (χ4v) is 4.96. The monoisotopic (exact) mass is 490 g/mol. The van der Waals surface area contributed by atoms with Crippen LogP contribution in [0.3, 0.4) is 0 Å². The predicted molar refractivity (Wildman–Crippen MR) is 139 cm³/mol. The highest BCUT2D eigenvalue weighted by Crippen LogP contribution is 2.21. The maximum Gasteiger partial charge on any atom is 0.407 e. The first kappa shape index (κ1) is 25.3. The van der Waals surface area contributed by atoms with Crippen LogP contribution in [0.5, 0.6) is 0 Å². The standard InChI is InChI=1S/C27H34N6O3/c1-20-18-31(15-16-33(20)27(35)36)19-22-5-9-25(10-6-22)30(2)26(34)32-13-11-24(12-14-32)29-23-7-3-21(17-28)4-8-23/h3-10,20,24,29H,11-16,18-19H2,1-2H3,(H,35,36)/t20-/m0/s1. The quantitative estimate of drug-likeness (QED) is 0.660. The van der Waals surface area contributed by atoms with Gasteiger partial charge in [-0.1, -0.05) is 12.1 Å². The number of nitriles is 1. The molecule has 2 fully saturated rings. The van der Waals surface area contributed by atoms with E-state index in [4.69, 9.17) is 5.26 Å². The summed E-state index contributed by atoms with van der Waals surface area (Å²) in [6.07, 6.45) is 0.879. The molecule has 4 rings (SSSR count). The molecule has 2 heterocycles. The maximum absolute atomic E-state index is 13.1. The average Bonchev–Trinajstić information content (AvgIpc) is 2.89. The minimum absolute atomic E-state index is 0.00168. The number of urea groups is 1. The third-order valence-corrected chi connectivity index (χ3v) is 7.12. The van der Waals surface area contributed by atoms with E-state index < -0.39 is 6.09 Å². The topological polar surface area (TPSA) is 103 Å². The van der Waals surface area contributed by atoms with Crippen LogP contribution >= 0.6 is 0 Å². The number of amides is 3. The Balaban J connectivity index is 1.25. The maximum atomic E-state index is 13.1. The van der Waals surface area contributed by atoms with Gasteiger partial charge in [0.05, 0.1) is 11.6 Å². The number of likely N-dealkylation sites (tertiary alicyclic amines) is 1. The summed E-state index contributed by atoms with van der Waals surface area (Å²) in [5.41, 5.74) is 3.63. The first-order valence-corrected chi connectivity index (χ1v) is 12.4. The van der Waals surface area contributed by atoms with Crippen LogP contribution < -0.4 is 10.2 Å². The first-order chi connectivity index (χ1) is 17.3. The van der Waals surface area contributed by atoms with Crippen molar-refractivity contribution in [1.29, 1.82) is 5.26 Å². The zero-order valence-corrected chi connectivity index (χ0v) is 20.9. The lowest BCUT2D eigenvalue weighted by Gasteiger charge is -2.38. The summed E-state index contributed by atoms with van der Waals surface area (Å²) in [7, 11) is 1.81. The van der Waals surface area contributed by atoms with Crippen molar-refractivity contribution in [3.8, 4) is 6.07 Å². The van der Waals surface area contributed by atoms with Gasteiger partial charge in [-0.15, -0.1) is 0 Å². The number of hydrogen-bond acceptors (Lipinski definition) is 5. The molecule has 2 aromatic carbocycles. The molecule has 0 aliphatic carbocycles. The van der Waals surface area contributed by atoms with Crippen molar-refractivity contribution in [3.63, 3.8) is 0 Å². The molecule has 0 unspecified atom stereocenters. The van der Waals surface area contributed by atoms with Crippen molar-refractivity contribution >= 4 is 23.5 Å². The molecule has 3 amide bonds. The molecule has 190 valence electrons. The summed E-state index contributed by atoms with van der Waals surface area (Å²) in [6, 6.07) is 17.9. The molecule has 0 bridgehead atoms. The van der Waals surface area contributed by atoms with E-state index in [0.29, 0.717) is 44.3 Å². The van der Waals surface area contributed by atoms with E-state index in [9.17, 15) is 14.7 Å². The molecule has 2 aromatic rings. The number of benzene rings is 2. The Morgan fingerprint density at radius 3 is 2.31 bits per heavy atom. The van der Waals surface area contributed by atoms with Gasteiger partial charge in [0.25, 0.3) is 0 Å². The average molecular weight is 491 g/mol. The third kappa shape index (κ3) is 6.07. The Hall–Kier alpha value is -3.77. The molecule has 0 saturated carbocycles. The lowest BCUT2D eigenvalue weighted by molar-refractivity contribution is 0.0711. The van der Waals surface area contributed by atoms with Crippen LogP contribution in [0.1, 0.15) is 30.9 Å². The second kappa shape index (κ2) is 11.3. The van der Waals surface area contributed by atoms with Gasteiger partial charge in [-0.3, -0.25) is 9.80 Å². The number of rotatable bonds is 5. The largest absolute Gasteiger partial charge is 0.465 e. The minimum atomic E-state index is -0.856. The van der Waals surface area contributed by atoms with Gasteiger partial charge < -0.3 is 20.2 Å². The van der Waals surface area contributed by atoms with Crippen molar-refractivity contribution in [2.75, 3.05) is 50.0 Å². The van der Waals surface area contributed by atoms with Crippen LogP contribution in [-0.4, -0.2) is 83.8 Å². The molecule has 0 radical (unpaired) electrons. The smallest absolute Gasteiger partial charge is 0.407 e. The molecule has 0 aromatic heterocycles. The number of piperazine rings is 1. The molecule has 9 heteroatoms. The van der Waals surface area contributed by atoms with Gasteiger partial charge in [-0.2, -0.15) is 5.26 Å². The summed E-state index contributed by atoms with van der Waals surface area (Å²) in [4.78, 5) is 31.7. The van der Waals surface area contributed by atoms with E-state index in [1.165, 1.54) is 4.90 Å². The number of carbonyl (C=O) groups is 2. The summed E-state index contributed by atoms with van der Waals surface area (Å²) < 4.78 is 0. The van der Waals surface area contributed by atoms with Crippen molar-refractivity contribution in [2.24, 2.45) is 0 Å². The summed E-state index contributed by atoms with van der Waals surface area (Å²) >= 11 is 0. The lowest BCUT2D eigenvalue weighted by atomic mass is 10.0. The van der Waals surface area contributed by atoms with Gasteiger partial charge in [-0.05, 0) is 61.7 Å². The van der Waals surface area contributed by atoms with Crippen molar-refractivity contribution in [2.45, 2.75) is 38.4 Å². The number of nitrogens with zero attached hydrogens (tertiary/aromatic N) is 5. The van der Waals surface area contributed by atoms with Gasteiger partial charge in [0.1, 0.15) is 0 Å². The van der Waals surface area contributed by atoms with Crippen LogP contribution in [0, 0.1) is 11.3 Å². The number of carbonyl (C=O) groups excluding carboxylic acids is 1. The zero-order valence-electron chi connectivity index (χ0n) is 20.9. The molecule has 2 saturated heterocycles. The number of piperidine rings is 1. The molecule has 2 aliphatic rings. The SMILES string of the molecule is C[C@H]1CN(Cc2ccc(N(C)C(=O)N3CCC(Nc4ccc(C#N)cc4)CC3)cc2)CCN1C(=O)O. The molecule has 36 heavy (non-hydrogen) atoms. The highest BCUT2D eigenvalue weighted by Gasteiger charge is 2.28. The summed E-state index contributed by atoms with van der Waals surface area (Å²) in [6.45, 7) is 6.03. The number of hydrogen-bond donors (Lipinski definition) is 2. The molecule has 0 spiro atoms. The minimum Gasteiger partial charge on any atom is -0.465 e. The van der Waals surface area contributed by atoms with Gasteiger partial charge in [0, 0.05) is 69.8 Å². The zero-order chi connectivity index (χ0) is 25.7. The number of carboxylic acid groups (broad SMARTS) is 1. The third-order valence-electron chi connectivity index (χ3n) is 7.12. The molecule has 2 aliphatic heterocycles. The normalized spacial score (nSPS) is 19.0. The van der Waals surface area contributed by atoms with E-state index in [0.717, 1.165) is 36.3 Å². The van der Waals surface area contributed by atoms with E-state index in [-0.39, 0.29) is 12.1 Å². The van der Waals surface area contributed by atoms with Crippen molar-refractivity contribution in [3.05, 3.63) is 59.7 Å². The molecular weight excluding hydrogens is 456 g/mol. The van der Waals surface area contributed by atoms with Crippen LogP contribution in [0.15, 0.2) is 48.5 Å². The predicted octanol–water partition coefficient (Wildman–Crippen LogP) is 3.88. The Bertz CT molecular complexity index is 1090.